The molecule has 130 valence electrons. The molecule has 1 N–H and O–H groups in total. The molecule has 0 aliphatic heterocycles. The smallest absolute Gasteiger partial charge is 0.126 e. The van der Waals surface area contributed by atoms with E-state index >= 15 is 0 Å². The minimum Gasteiger partial charge on any atom is -0.314 e. The quantitative estimate of drug-likeness (QED) is 0.695. The highest BCUT2D eigenvalue weighted by molar-refractivity contribution is 5.25. The molecule has 1 fully saturated rings. The maximum Gasteiger partial charge on any atom is 0.126 e. The standard InChI is InChI=1S/C21H27F2N/c22-19-13-16(14-20(23)15-19)5-4-12-24-21-10-8-18(9-11-21)17-6-2-1-3-7-17/h2,6-7,13-15,18,21,24H,1,3-5,8-12H2. The lowest BCUT2D eigenvalue weighted by Gasteiger charge is -2.30. The second-order valence-corrected chi connectivity index (χ2v) is 7.07. The molecule has 0 saturated heterocycles. The molecule has 0 radical (unpaired) electrons. The van der Waals surface area contributed by atoms with Gasteiger partial charge in [0.2, 0.25) is 0 Å². The van der Waals surface area contributed by atoms with Gasteiger partial charge in [-0.3, -0.25) is 0 Å². The molecule has 1 aromatic carbocycles. The van der Waals surface area contributed by atoms with Crippen LogP contribution in [0.25, 0.3) is 0 Å². The molecule has 24 heavy (non-hydrogen) atoms. The molecule has 0 unspecified atom stereocenters. The predicted molar refractivity (Wildman–Crippen MR) is 94.9 cm³/mol. The third kappa shape index (κ3) is 5.01. The van der Waals surface area contributed by atoms with Gasteiger partial charge in [0, 0.05) is 12.1 Å². The number of rotatable bonds is 6. The number of nitrogens with one attached hydrogen (secondary N) is 1. The van der Waals surface area contributed by atoms with E-state index in [-0.39, 0.29) is 0 Å². The lowest BCUT2D eigenvalue weighted by molar-refractivity contribution is 0.320. The van der Waals surface area contributed by atoms with Gasteiger partial charge in [-0.15, -0.1) is 0 Å². The maximum atomic E-state index is 13.2. The summed E-state index contributed by atoms with van der Waals surface area (Å²) in [6, 6.07) is 4.38. The van der Waals surface area contributed by atoms with Crippen molar-refractivity contribution >= 4 is 0 Å². The predicted octanol–water partition coefficient (Wildman–Crippen LogP) is 5.32. The molecule has 1 saturated carbocycles. The summed E-state index contributed by atoms with van der Waals surface area (Å²) in [7, 11) is 0. The molecule has 0 atom stereocenters. The Labute approximate surface area is 143 Å². The highest BCUT2D eigenvalue weighted by atomic mass is 19.1. The van der Waals surface area contributed by atoms with E-state index in [1.165, 1.54) is 50.7 Å². The molecular weight excluding hydrogens is 304 g/mol. The van der Waals surface area contributed by atoms with E-state index in [2.05, 4.69) is 23.5 Å². The van der Waals surface area contributed by atoms with Crippen LogP contribution in [0.1, 0.15) is 50.5 Å². The van der Waals surface area contributed by atoms with E-state index in [4.69, 9.17) is 0 Å². The van der Waals surface area contributed by atoms with Gasteiger partial charge < -0.3 is 5.32 Å². The van der Waals surface area contributed by atoms with E-state index in [0.717, 1.165) is 30.5 Å². The Morgan fingerprint density at radius 3 is 2.38 bits per heavy atom. The van der Waals surface area contributed by atoms with Crippen molar-refractivity contribution in [1.82, 2.24) is 5.32 Å². The van der Waals surface area contributed by atoms with Gasteiger partial charge in [0.1, 0.15) is 11.6 Å². The van der Waals surface area contributed by atoms with Gasteiger partial charge in [-0.2, -0.15) is 0 Å². The summed E-state index contributed by atoms with van der Waals surface area (Å²) < 4.78 is 26.3. The number of hydrogen-bond acceptors (Lipinski definition) is 1. The Morgan fingerprint density at radius 2 is 1.71 bits per heavy atom. The number of hydrogen-bond donors (Lipinski definition) is 1. The zero-order valence-electron chi connectivity index (χ0n) is 14.2. The van der Waals surface area contributed by atoms with Crippen molar-refractivity contribution in [2.75, 3.05) is 6.54 Å². The number of halogens is 2. The van der Waals surface area contributed by atoms with Gasteiger partial charge >= 0.3 is 0 Å². The molecule has 2 aliphatic rings. The first-order valence-electron chi connectivity index (χ1n) is 9.25. The maximum absolute atomic E-state index is 13.2. The summed E-state index contributed by atoms with van der Waals surface area (Å²) in [5.74, 6) is -0.223. The number of aryl methyl sites for hydroxylation is 1. The Balaban J connectivity index is 1.35. The topological polar surface area (TPSA) is 12.0 Å². The largest absolute Gasteiger partial charge is 0.314 e. The normalized spacial score (nSPS) is 24.0. The van der Waals surface area contributed by atoms with E-state index in [1.807, 2.05) is 0 Å². The molecular formula is C21H27F2N. The zero-order chi connectivity index (χ0) is 16.8. The van der Waals surface area contributed by atoms with Crippen LogP contribution in [0.4, 0.5) is 8.78 Å². The van der Waals surface area contributed by atoms with E-state index in [9.17, 15) is 8.78 Å². The molecule has 0 spiro atoms. The van der Waals surface area contributed by atoms with Crippen LogP contribution in [0.2, 0.25) is 0 Å². The van der Waals surface area contributed by atoms with Crippen LogP contribution in [0.15, 0.2) is 42.0 Å². The summed E-state index contributed by atoms with van der Waals surface area (Å²) in [5, 5.41) is 3.62. The van der Waals surface area contributed by atoms with E-state index < -0.39 is 11.6 Å². The summed E-state index contributed by atoms with van der Waals surface area (Å²) in [5.41, 5.74) is 2.29. The molecule has 0 heterocycles. The van der Waals surface area contributed by atoms with Gasteiger partial charge in [-0.25, -0.2) is 8.78 Å². The summed E-state index contributed by atoms with van der Waals surface area (Å²) in [4.78, 5) is 0. The van der Waals surface area contributed by atoms with Crippen molar-refractivity contribution in [2.24, 2.45) is 5.92 Å². The summed E-state index contributed by atoms with van der Waals surface area (Å²) in [6.45, 7) is 0.913. The SMILES string of the molecule is Fc1cc(F)cc(CCCNC2CCC(C3=CCCC=C3)CC2)c1. The first-order valence-corrected chi connectivity index (χ1v) is 9.25. The first-order chi connectivity index (χ1) is 11.7. The number of allylic oxidation sites excluding steroid dienone is 4. The van der Waals surface area contributed by atoms with Crippen molar-refractivity contribution in [3.63, 3.8) is 0 Å². The van der Waals surface area contributed by atoms with Gasteiger partial charge in [0.05, 0.1) is 0 Å². The van der Waals surface area contributed by atoms with Gasteiger partial charge in [0.15, 0.2) is 0 Å². The fourth-order valence-electron chi connectivity index (χ4n) is 3.92. The second kappa shape index (κ2) is 8.57. The Morgan fingerprint density at radius 1 is 0.958 bits per heavy atom. The van der Waals surface area contributed by atoms with Crippen LogP contribution in [0.5, 0.6) is 0 Å². The summed E-state index contributed by atoms with van der Waals surface area (Å²) in [6.07, 6.45) is 16.0. The van der Waals surface area contributed by atoms with Crippen LogP contribution in [0.3, 0.4) is 0 Å². The highest BCUT2D eigenvalue weighted by Crippen LogP contribution is 2.32. The van der Waals surface area contributed by atoms with Crippen LogP contribution < -0.4 is 5.32 Å². The van der Waals surface area contributed by atoms with Crippen LogP contribution >= 0.6 is 0 Å². The third-order valence-electron chi connectivity index (χ3n) is 5.22. The summed E-state index contributed by atoms with van der Waals surface area (Å²) >= 11 is 0. The lowest BCUT2D eigenvalue weighted by atomic mass is 9.80. The van der Waals surface area contributed by atoms with Crippen molar-refractivity contribution in [3.05, 3.63) is 59.2 Å². The van der Waals surface area contributed by atoms with Gasteiger partial charge in [0.25, 0.3) is 0 Å². The van der Waals surface area contributed by atoms with Crippen molar-refractivity contribution < 1.29 is 8.78 Å². The molecule has 0 amide bonds. The van der Waals surface area contributed by atoms with Crippen molar-refractivity contribution in [2.45, 2.75) is 57.4 Å². The average Bonchev–Trinajstić information content (AvgIpc) is 2.59. The Hall–Kier alpha value is -1.48. The molecule has 1 nitrogen and oxygen atoms in total. The molecule has 0 aromatic heterocycles. The minimum absolute atomic E-state index is 0.484. The van der Waals surface area contributed by atoms with Crippen LogP contribution in [-0.4, -0.2) is 12.6 Å². The second-order valence-electron chi connectivity index (χ2n) is 7.07. The van der Waals surface area contributed by atoms with Crippen molar-refractivity contribution in [3.8, 4) is 0 Å². The van der Waals surface area contributed by atoms with E-state index in [1.54, 1.807) is 5.57 Å². The fourth-order valence-corrected chi connectivity index (χ4v) is 3.92. The highest BCUT2D eigenvalue weighted by Gasteiger charge is 2.22. The Bertz CT molecular complexity index is 578. The van der Waals surface area contributed by atoms with Gasteiger partial charge in [-0.1, -0.05) is 18.2 Å². The Kier molecular flexibility index (Phi) is 6.19. The number of benzene rings is 1. The van der Waals surface area contributed by atoms with E-state index in [0.29, 0.717) is 12.5 Å². The van der Waals surface area contributed by atoms with Crippen LogP contribution in [-0.2, 0) is 6.42 Å². The molecule has 3 rings (SSSR count). The van der Waals surface area contributed by atoms with Crippen molar-refractivity contribution in [1.29, 1.82) is 0 Å². The monoisotopic (exact) mass is 331 g/mol. The molecule has 0 bridgehead atoms. The first kappa shape index (κ1) is 17.3. The molecule has 2 aliphatic carbocycles. The van der Waals surface area contributed by atoms with Crippen LogP contribution in [0, 0.1) is 17.6 Å². The minimum atomic E-state index is -0.484. The molecule has 3 heteroatoms. The molecule has 1 aromatic rings. The van der Waals surface area contributed by atoms with Gasteiger partial charge in [-0.05, 0) is 87.1 Å². The lowest BCUT2D eigenvalue weighted by Crippen LogP contribution is -2.34. The average molecular weight is 331 g/mol. The third-order valence-corrected chi connectivity index (χ3v) is 5.22. The zero-order valence-corrected chi connectivity index (χ0v) is 14.2. The fraction of sp³-hybridized carbons (Fsp3) is 0.524.